The molecule has 15 nitrogen and oxygen atoms in total. The van der Waals surface area contributed by atoms with Gasteiger partial charge in [-0.2, -0.15) is 8.78 Å². The van der Waals surface area contributed by atoms with Crippen molar-refractivity contribution in [3.8, 4) is 23.5 Å². The predicted molar refractivity (Wildman–Crippen MR) is 212 cm³/mol. The first kappa shape index (κ1) is 43.7. The molecule has 336 valence electrons. The number of carbonyl (C=O) groups is 4. The van der Waals surface area contributed by atoms with Crippen LogP contribution < -0.4 is 24.8 Å². The molecule has 3 N–H and O–H groups in total. The second-order valence-electron chi connectivity index (χ2n) is 18.9. The van der Waals surface area contributed by atoms with Crippen molar-refractivity contribution >= 4 is 44.9 Å². The molecular weight excluding hydrogens is 841 g/mol. The third kappa shape index (κ3) is 7.98. The van der Waals surface area contributed by atoms with Crippen molar-refractivity contribution in [2.45, 2.75) is 132 Å². The fourth-order valence-electron chi connectivity index (χ4n) is 9.15. The summed E-state index contributed by atoms with van der Waals surface area (Å²) < 4.78 is 106. The highest BCUT2D eigenvalue weighted by molar-refractivity contribution is 7.91. The fraction of sp³-hybridized carbons (Fsp3) is 0.667. The van der Waals surface area contributed by atoms with Crippen molar-refractivity contribution in [2.75, 3.05) is 13.7 Å². The van der Waals surface area contributed by atoms with Crippen molar-refractivity contribution in [3.63, 3.8) is 0 Å². The van der Waals surface area contributed by atoms with Crippen molar-refractivity contribution in [2.24, 2.45) is 29.1 Å². The van der Waals surface area contributed by atoms with Gasteiger partial charge in [0.25, 0.3) is 11.8 Å². The molecule has 9 atom stereocenters. The van der Waals surface area contributed by atoms with Crippen LogP contribution in [0.1, 0.15) is 91.2 Å². The maximum Gasteiger partial charge on any atom is 0.408 e. The zero-order valence-electron chi connectivity index (χ0n) is 34.9. The smallest absolute Gasteiger partial charge is 0.408 e. The minimum atomic E-state index is -4.31. The molecule has 8 rings (SSSR count). The highest BCUT2D eigenvalue weighted by atomic mass is 32.2. The third-order valence-corrected chi connectivity index (χ3v) is 15.6. The summed E-state index contributed by atoms with van der Waals surface area (Å²) in [7, 11) is -2.90. The van der Waals surface area contributed by atoms with E-state index < -0.39 is 129 Å². The van der Waals surface area contributed by atoms with Crippen LogP contribution in [0.25, 0.3) is 11.0 Å². The van der Waals surface area contributed by atoms with Gasteiger partial charge in [-0.15, -0.1) is 0 Å². The number of rotatable bonds is 7. The summed E-state index contributed by atoms with van der Waals surface area (Å²) >= 11 is 0. The average Bonchev–Trinajstić information content (AvgIpc) is 4.06. The number of aromatic nitrogens is 2. The van der Waals surface area contributed by atoms with Gasteiger partial charge in [0.1, 0.15) is 35.6 Å². The Hall–Kier alpha value is -4.93. The Kier molecular flexibility index (Phi) is 10.9. The SMILES string of the molecule is COc1ccc2nc3c(nc2c1)O[C@@H]1C[C@@H](C(=O)N[C@]2(C(=O)NS(=O)(=O)C4(C)CC4)C[C@H]2C(F)F)N(C1)C(=O)[C@H](C(C)(C)C)NC(=O)O[C@@H]1C[C@@H]2C#C[C@@H]2[C@H]1CCCCC3(F)F. The normalized spacial score (nSPS) is 32.5. The number of nitrogens with zero attached hydrogens (tertiary/aromatic N) is 3. The lowest BCUT2D eigenvalue weighted by Gasteiger charge is -2.35. The number of amides is 4. The predicted octanol–water partition coefficient (Wildman–Crippen LogP) is 4.57. The summed E-state index contributed by atoms with van der Waals surface area (Å²) in [5.74, 6) is -2.97. The number of hydrogen-bond donors (Lipinski definition) is 3. The van der Waals surface area contributed by atoms with Crippen LogP contribution in [0.5, 0.6) is 11.6 Å². The van der Waals surface area contributed by atoms with Gasteiger partial charge >= 0.3 is 6.09 Å². The standard InChI is InChI=1S/C42H50F4N6O9S/c1-39(2,3)32-36(54)52-20-23(18-29(52)34(53)50-41(19-26(41)33(43)44)37(55)51-62(57,58)40(4)14-15-40)60-35-31(47-27-12-10-22(59-5)17-28(27)48-35)42(45,46)13-7-6-8-25-24-11-9-21(24)16-30(25)61-38(56)49-32/h10,12,17,21,23-26,29-30,32-33H,6-8,13-16,18-20H2,1-5H3,(H,49,56)(H,50,53)(H,51,55)/t21-,23+,24-,25+,26-,29-,30+,32+,41+/m0/s1. The lowest BCUT2D eigenvalue weighted by Crippen LogP contribution is -2.60. The number of alkyl halides is 4. The molecule has 0 spiro atoms. The van der Waals surface area contributed by atoms with Crippen LogP contribution in [0.15, 0.2) is 18.2 Å². The fourth-order valence-corrected chi connectivity index (χ4v) is 10.5. The molecule has 62 heavy (non-hydrogen) atoms. The van der Waals surface area contributed by atoms with Crippen LogP contribution in [0.3, 0.4) is 0 Å². The summed E-state index contributed by atoms with van der Waals surface area (Å²) in [6.07, 6.45) is -5.81. The van der Waals surface area contributed by atoms with E-state index in [9.17, 15) is 36.4 Å². The number of hydrogen-bond acceptors (Lipinski definition) is 11. The molecule has 20 heteroatoms. The van der Waals surface area contributed by atoms with Gasteiger partial charge < -0.3 is 29.7 Å². The molecule has 2 aromatic rings. The highest BCUT2D eigenvalue weighted by Gasteiger charge is 2.67. The van der Waals surface area contributed by atoms with Crippen LogP contribution in [-0.2, 0) is 35.1 Å². The second-order valence-corrected chi connectivity index (χ2v) is 21.1. The van der Waals surface area contributed by atoms with E-state index in [0.29, 0.717) is 25.0 Å². The number of nitrogens with one attached hydrogen (secondary N) is 3. The summed E-state index contributed by atoms with van der Waals surface area (Å²) in [5, 5.41) is 5.05. The monoisotopic (exact) mass is 890 g/mol. The third-order valence-electron chi connectivity index (χ3n) is 13.4. The molecule has 0 radical (unpaired) electrons. The number of ether oxygens (including phenoxy) is 3. The molecule has 2 bridgehead atoms. The first-order chi connectivity index (χ1) is 29.1. The van der Waals surface area contributed by atoms with Crippen molar-refractivity contribution in [3.05, 3.63) is 23.9 Å². The van der Waals surface area contributed by atoms with Gasteiger partial charge in [0.2, 0.25) is 34.1 Å². The molecule has 6 aliphatic rings. The van der Waals surface area contributed by atoms with Gasteiger partial charge in [-0.25, -0.2) is 32.0 Å². The minimum absolute atomic E-state index is 0.0289. The van der Waals surface area contributed by atoms with E-state index in [2.05, 4.69) is 32.4 Å². The van der Waals surface area contributed by atoms with Gasteiger partial charge in [-0.05, 0) is 63.0 Å². The molecule has 1 aromatic heterocycles. The summed E-state index contributed by atoms with van der Waals surface area (Å²) in [6.45, 7) is 5.95. The van der Waals surface area contributed by atoms with E-state index in [0.717, 1.165) is 4.90 Å². The van der Waals surface area contributed by atoms with Gasteiger partial charge in [-0.1, -0.05) is 39.0 Å². The topological polar surface area (TPSA) is 195 Å². The number of methoxy groups -OCH3 is 1. The maximum atomic E-state index is 16.5. The van der Waals surface area contributed by atoms with Crippen LogP contribution in [0.4, 0.5) is 22.4 Å². The second kappa shape index (κ2) is 15.4. The zero-order chi connectivity index (χ0) is 44.7. The van der Waals surface area contributed by atoms with Crippen molar-refractivity contribution in [1.82, 2.24) is 30.2 Å². The number of carbonyl (C=O) groups excluding carboxylic acids is 4. The van der Waals surface area contributed by atoms with E-state index in [1.165, 1.54) is 26.2 Å². The maximum absolute atomic E-state index is 16.5. The Balaban J connectivity index is 1.16. The van der Waals surface area contributed by atoms with Crippen LogP contribution >= 0.6 is 0 Å². The quantitative estimate of drug-likeness (QED) is 0.261. The Bertz CT molecular complexity index is 2370. The minimum Gasteiger partial charge on any atom is -0.497 e. The molecule has 4 fully saturated rings. The van der Waals surface area contributed by atoms with E-state index >= 15 is 8.78 Å². The van der Waals surface area contributed by atoms with E-state index in [1.807, 2.05) is 4.72 Å². The number of sulfonamides is 1. The van der Waals surface area contributed by atoms with Gasteiger partial charge in [-0.3, -0.25) is 19.1 Å². The molecule has 4 amide bonds. The average molecular weight is 891 g/mol. The molecule has 3 saturated carbocycles. The molecule has 4 aliphatic carbocycles. The Morgan fingerprint density at radius 2 is 1.79 bits per heavy atom. The van der Waals surface area contributed by atoms with Crippen molar-refractivity contribution < 1.29 is 59.4 Å². The van der Waals surface area contributed by atoms with Crippen molar-refractivity contribution in [1.29, 1.82) is 0 Å². The van der Waals surface area contributed by atoms with Gasteiger partial charge in [0.05, 0.1) is 35.4 Å². The molecule has 2 aliphatic heterocycles. The molecule has 1 aromatic carbocycles. The first-order valence-corrected chi connectivity index (χ1v) is 22.4. The highest BCUT2D eigenvalue weighted by Crippen LogP contribution is 2.50. The lowest BCUT2D eigenvalue weighted by atomic mass is 9.81. The van der Waals surface area contributed by atoms with Gasteiger partial charge in [0, 0.05) is 36.7 Å². The Morgan fingerprint density at radius 1 is 1.05 bits per heavy atom. The Morgan fingerprint density at radius 3 is 2.42 bits per heavy atom. The molecule has 1 saturated heterocycles. The molecule has 3 heterocycles. The lowest BCUT2D eigenvalue weighted by molar-refractivity contribution is -0.143. The summed E-state index contributed by atoms with van der Waals surface area (Å²) in [4.78, 5) is 66.3. The number of alkyl carbamates (subject to hydrolysis) is 1. The number of benzene rings is 1. The van der Waals surface area contributed by atoms with E-state index in [-0.39, 0.29) is 48.0 Å². The zero-order valence-corrected chi connectivity index (χ0v) is 35.8. The van der Waals surface area contributed by atoms with Gasteiger partial charge in [0.15, 0.2) is 5.69 Å². The molecular formula is C42H50F4N6O9S. The number of fused-ring (bicyclic) bond motifs is 7. The molecule has 0 unspecified atom stereocenters. The summed E-state index contributed by atoms with van der Waals surface area (Å²) in [6, 6.07) is 1.54. The largest absolute Gasteiger partial charge is 0.497 e. The van der Waals surface area contributed by atoms with Crippen LogP contribution in [0.2, 0.25) is 0 Å². The first-order valence-electron chi connectivity index (χ1n) is 20.9. The van der Waals surface area contributed by atoms with Crippen LogP contribution in [0, 0.1) is 40.9 Å². The summed E-state index contributed by atoms with van der Waals surface area (Å²) in [5.41, 5.74) is -3.88. The number of halogens is 4. The van der Waals surface area contributed by atoms with E-state index in [4.69, 9.17) is 14.2 Å². The Labute approximate surface area is 356 Å². The van der Waals surface area contributed by atoms with Crippen LogP contribution in [-0.4, -0.2) is 102 Å². The van der Waals surface area contributed by atoms with E-state index in [1.54, 1.807) is 26.8 Å².